The van der Waals surface area contributed by atoms with Crippen LogP contribution in [0.15, 0.2) is 10.6 Å². The van der Waals surface area contributed by atoms with Crippen molar-refractivity contribution in [3.63, 3.8) is 0 Å². The molecule has 2 heterocycles. The number of aryl methyl sites for hydroxylation is 1. The number of nitrogens with one attached hydrogen (secondary N) is 2. The molecule has 1 aromatic rings. The molecule has 1 aliphatic heterocycles. The number of anilines is 1. The Bertz CT molecular complexity index is 441. The zero-order valence-electron chi connectivity index (χ0n) is 13.0. The first kappa shape index (κ1) is 16.0. The van der Waals surface area contributed by atoms with Gasteiger partial charge in [0.05, 0.1) is 6.54 Å². The van der Waals surface area contributed by atoms with Gasteiger partial charge in [0, 0.05) is 18.7 Å². The lowest BCUT2D eigenvalue weighted by Crippen LogP contribution is -2.42. The number of hydrogen-bond donors (Lipinski definition) is 2. The Morgan fingerprint density at radius 3 is 3.10 bits per heavy atom. The van der Waals surface area contributed by atoms with Crippen molar-refractivity contribution in [1.29, 1.82) is 0 Å². The molecule has 2 N–H and O–H groups in total. The van der Waals surface area contributed by atoms with Crippen LogP contribution in [0.3, 0.4) is 0 Å². The molecule has 0 aromatic carbocycles. The molecule has 1 aromatic heterocycles. The van der Waals surface area contributed by atoms with Crippen LogP contribution in [0.25, 0.3) is 0 Å². The fraction of sp³-hybridized carbons (Fsp3) is 0.733. The Kier molecular flexibility index (Phi) is 6.20. The first-order chi connectivity index (χ1) is 10.2. The van der Waals surface area contributed by atoms with Crippen LogP contribution in [-0.4, -0.2) is 48.2 Å². The molecule has 1 atom stereocenters. The third-order valence-corrected chi connectivity index (χ3v) is 3.73. The number of aromatic nitrogens is 1. The number of hydrogen-bond acceptors (Lipinski definition) is 5. The maximum absolute atomic E-state index is 12.1. The van der Waals surface area contributed by atoms with E-state index >= 15 is 0 Å². The fourth-order valence-corrected chi connectivity index (χ4v) is 2.65. The van der Waals surface area contributed by atoms with Crippen molar-refractivity contribution in [3.05, 3.63) is 11.8 Å². The van der Waals surface area contributed by atoms with Crippen molar-refractivity contribution in [2.45, 2.75) is 45.6 Å². The highest BCUT2D eigenvalue weighted by Crippen LogP contribution is 2.09. The summed E-state index contributed by atoms with van der Waals surface area (Å²) in [7, 11) is 0. The highest BCUT2D eigenvalue weighted by molar-refractivity contribution is 5.91. The number of nitrogens with zero attached hydrogens (tertiary/aromatic N) is 2. The molecule has 1 amide bonds. The van der Waals surface area contributed by atoms with Crippen molar-refractivity contribution < 1.29 is 9.32 Å². The van der Waals surface area contributed by atoms with Gasteiger partial charge in [0.15, 0.2) is 5.82 Å². The standard InChI is InChI=1S/C15H26N4O2/c1-3-4-8-19(10-13-6-5-7-16-13)11-15(20)17-14-9-12(2)21-18-14/h9,13,16H,3-8,10-11H2,1-2H3,(H,17,18,20). The average molecular weight is 294 g/mol. The molecule has 1 fully saturated rings. The van der Waals surface area contributed by atoms with Gasteiger partial charge in [0.25, 0.3) is 0 Å². The summed E-state index contributed by atoms with van der Waals surface area (Å²) in [5.41, 5.74) is 0. The van der Waals surface area contributed by atoms with Crippen LogP contribution in [0.5, 0.6) is 0 Å². The van der Waals surface area contributed by atoms with Crippen LogP contribution < -0.4 is 10.6 Å². The van der Waals surface area contributed by atoms with E-state index in [2.05, 4.69) is 27.6 Å². The molecule has 1 aliphatic rings. The second-order valence-electron chi connectivity index (χ2n) is 5.75. The van der Waals surface area contributed by atoms with Crippen LogP contribution in [0.2, 0.25) is 0 Å². The number of unbranched alkanes of at least 4 members (excludes halogenated alkanes) is 1. The first-order valence-corrected chi connectivity index (χ1v) is 7.86. The van der Waals surface area contributed by atoms with E-state index in [0.717, 1.165) is 32.5 Å². The van der Waals surface area contributed by atoms with Crippen LogP contribution in [0, 0.1) is 6.92 Å². The highest BCUT2D eigenvalue weighted by Gasteiger charge is 2.19. The fourth-order valence-electron chi connectivity index (χ4n) is 2.65. The SMILES string of the molecule is CCCCN(CC(=O)Nc1cc(C)on1)CC1CCCN1. The zero-order chi connectivity index (χ0) is 15.1. The predicted octanol–water partition coefficient (Wildman–Crippen LogP) is 1.78. The third kappa shape index (κ3) is 5.47. The van der Waals surface area contributed by atoms with E-state index < -0.39 is 0 Å². The molecule has 6 nitrogen and oxygen atoms in total. The maximum atomic E-state index is 12.1. The van der Waals surface area contributed by atoms with E-state index in [4.69, 9.17) is 4.52 Å². The number of carbonyl (C=O) groups excluding carboxylic acids is 1. The molecule has 2 rings (SSSR count). The molecule has 21 heavy (non-hydrogen) atoms. The maximum Gasteiger partial charge on any atom is 0.239 e. The molecule has 1 saturated heterocycles. The summed E-state index contributed by atoms with van der Waals surface area (Å²) in [4.78, 5) is 14.3. The zero-order valence-corrected chi connectivity index (χ0v) is 13.0. The second-order valence-corrected chi connectivity index (χ2v) is 5.75. The number of carbonyl (C=O) groups is 1. The monoisotopic (exact) mass is 294 g/mol. The summed E-state index contributed by atoms with van der Waals surface area (Å²) in [6, 6.07) is 2.25. The van der Waals surface area contributed by atoms with E-state index in [-0.39, 0.29) is 5.91 Å². The summed E-state index contributed by atoms with van der Waals surface area (Å²) in [5, 5.41) is 10.1. The predicted molar refractivity (Wildman–Crippen MR) is 82.2 cm³/mol. The van der Waals surface area contributed by atoms with Crippen molar-refractivity contribution >= 4 is 11.7 Å². The summed E-state index contributed by atoms with van der Waals surface area (Å²) in [5.74, 6) is 1.16. The Hall–Kier alpha value is -1.40. The Balaban J connectivity index is 1.82. The topological polar surface area (TPSA) is 70.4 Å². The molecule has 118 valence electrons. The summed E-state index contributed by atoms with van der Waals surface area (Å²) in [6.07, 6.45) is 4.69. The van der Waals surface area contributed by atoms with Crippen LogP contribution in [-0.2, 0) is 4.79 Å². The van der Waals surface area contributed by atoms with Gasteiger partial charge in [-0.25, -0.2) is 0 Å². The van der Waals surface area contributed by atoms with E-state index in [0.29, 0.717) is 24.2 Å². The number of amides is 1. The Labute approximate surface area is 126 Å². The van der Waals surface area contributed by atoms with Gasteiger partial charge < -0.3 is 15.2 Å². The summed E-state index contributed by atoms with van der Waals surface area (Å²) < 4.78 is 4.95. The normalized spacial score (nSPS) is 18.3. The molecule has 0 aliphatic carbocycles. The first-order valence-electron chi connectivity index (χ1n) is 7.86. The lowest BCUT2D eigenvalue weighted by atomic mass is 10.2. The van der Waals surface area contributed by atoms with Crippen LogP contribution >= 0.6 is 0 Å². The molecular weight excluding hydrogens is 268 g/mol. The van der Waals surface area contributed by atoms with E-state index in [1.54, 1.807) is 6.07 Å². The van der Waals surface area contributed by atoms with E-state index in [1.165, 1.54) is 12.8 Å². The minimum absolute atomic E-state index is 0.0302. The van der Waals surface area contributed by atoms with Crippen molar-refractivity contribution in [2.24, 2.45) is 0 Å². The summed E-state index contributed by atoms with van der Waals surface area (Å²) >= 11 is 0. The molecule has 1 unspecified atom stereocenters. The minimum atomic E-state index is -0.0302. The summed E-state index contributed by atoms with van der Waals surface area (Å²) in [6.45, 7) is 7.37. The van der Waals surface area contributed by atoms with Crippen molar-refractivity contribution in [2.75, 3.05) is 31.5 Å². The smallest absolute Gasteiger partial charge is 0.239 e. The van der Waals surface area contributed by atoms with Gasteiger partial charge >= 0.3 is 0 Å². The van der Waals surface area contributed by atoms with E-state index in [1.807, 2.05) is 6.92 Å². The lowest BCUT2D eigenvalue weighted by Gasteiger charge is -2.24. The largest absolute Gasteiger partial charge is 0.360 e. The van der Waals surface area contributed by atoms with Gasteiger partial charge in [-0.3, -0.25) is 9.69 Å². The third-order valence-electron chi connectivity index (χ3n) is 3.73. The van der Waals surface area contributed by atoms with Gasteiger partial charge in [0.1, 0.15) is 5.76 Å². The average Bonchev–Trinajstić information content (AvgIpc) is 3.08. The van der Waals surface area contributed by atoms with Crippen LogP contribution in [0.1, 0.15) is 38.4 Å². The molecular formula is C15H26N4O2. The van der Waals surface area contributed by atoms with E-state index in [9.17, 15) is 4.79 Å². The minimum Gasteiger partial charge on any atom is -0.360 e. The van der Waals surface area contributed by atoms with Gasteiger partial charge in [-0.05, 0) is 39.3 Å². The molecule has 0 bridgehead atoms. The van der Waals surface area contributed by atoms with Crippen molar-refractivity contribution in [1.82, 2.24) is 15.4 Å². The molecule has 0 saturated carbocycles. The van der Waals surface area contributed by atoms with Gasteiger partial charge in [-0.1, -0.05) is 18.5 Å². The Morgan fingerprint density at radius 2 is 2.48 bits per heavy atom. The lowest BCUT2D eigenvalue weighted by molar-refractivity contribution is -0.117. The molecule has 0 radical (unpaired) electrons. The van der Waals surface area contributed by atoms with Gasteiger partial charge in [-0.2, -0.15) is 0 Å². The van der Waals surface area contributed by atoms with Crippen LogP contribution in [0.4, 0.5) is 5.82 Å². The molecule has 6 heteroatoms. The second kappa shape index (κ2) is 8.14. The van der Waals surface area contributed by atoms with Crippen molar-refractivity contribution in [3.8, 4) is 0 Å². The van der Waals surface area contributed by atoms with Gasteiger partial charge in [-0.15, -0.1) is 0 Å². The quantitative estimate of drug-likeness (QED) is 0.765. The highest BCUT2D eigenvalue weighted by atomic mass is 16.5. The number of rotatable bonds is 8. The molecule has 0 spiro atoms. The van der Waals surface area contributed by atoms with Gasteiger partial charge in [0.2, 0.25) is 5.91 Å². The Morgan fingerprint density at radius 1 is 1.62 bits per heavy atom.